The van der Waals surface area contributed by atoms with E-state index in [9.17, 15) is 15.0 Å². The maximum Gasteiger partial charge on any atom is 0.356 e. The van der Waals surface area contributed by atoms with Gasteiger partial charge < -0.3 is 14.8 Å². The number of carboxylic acid groups (broad SMARTS) is 1. The molecule has 0 atom stereocenters. The molecule has 0 radical (unpaired) electrons. The zero-order valence-corrected chi connectivity index (χ0v) is 29.4. The van der Waals surface area contributed by atoms with Gasteiger partial charge in [0.15, 0.2) is 11.5 Å². The van der Waals surface area contributed by atoms with Crippen LogP contribution in [0.25, 0.3) is 22.5 Å². The largest absolute Gasteiger partial charge is 0.476 e. The molecule has 5 aromatic carbocycles. The Bertz CT molecular complexity index is 2190. The molecule has 9 nitrogen and oxygen atoms in total. The van der Waals surface area contributed by atoms with Crippen LogP contribution in [0.5, 0.6) is 0 Å². The van der Waals surface area contributed by atoms with Crippen molar-refractivity contribution in [1.29, 1.82) is 0 Å². The molecule has 7 aromatic rings. The molecule has 2 aromatic heterocycles. The monoisotopic (exact) mass is 688 g/mol. The van der Waals surface area contributed by atoms with E-state index in [4.69, 9.17) is 5.21 Å². The molecule has 52 heavy (non-hydrogen) atoms. The van der Waals surface area contributed by atoms with Crippen LogP contribution < -0.4 is 0 Å². The summed E-state index contributed by atoms with van der Waals surface area (Å²) >= 11 is 0. The first-order valence-electron chi connectivity index (χ1n) is 17.4. The van der Waals surface area contributed by atoms with Crippen LogP contribution in [0.1, 0.15) is 71.5 Å². The van der Waals surface area contributed by atoms with Crippen LogP contribution >= 0.6 is 0 Å². The summed E-state index contributed by atoms with van der Waals surface area (Å²) in [6.45, 7) is 5.58. The molecule has 0 spiro atoms. The number of nitrogens with zero attached hydrogens (tertiary/aromatic N) is 6. The Morgan fingerprint density at radius 1 is 0.712 bits per heavy atom. The van der Waals surface area contributed by atoms with Gasteiger partial charge in [0.25, 0.3) is 0 Å². The number of aromatic carboxylic acids is 1. The molecule has 0 unspecified atom stereocenters. The van der Waals surface area contributed by atoms with Crippen molar-refractivity contribution in [2.45, 2.75) is 51.3 Å². The Balaban J connectivity index is 1.34. The number of aryl methyl sites for hydroxylation is 1. The van der Waals surface area contributed by atoms with Gasteiger partial charge in [-0.2, -0.15) is 0 Å². The van der Waals surface area contributed by atoms with E-state index in [2.05, 4.69) is 69.9 Å². The molecule has 0 saturated heterocycles. The number of benzene rings is 5. The lowest BCUT2D eigenvalue weighted by Crippen LogP contribution is -2.39. The molecule has 9 heteroatoms. The topological polar surface area (TPSA) is 119 Å². The molecule has 260 valence electrons. The standard InChI is InChI=1S/C43H40N6O3/c1-4-16-37-44-38(41(50)51)39(42(2,3)52)48(37)29-30-25-27-31(28-26-30)35-23-14-15-24-36(35)40-45-46-47-49(40)43(32-17-8-5-9-18-32,33-19-10-6-11-20-33)34-21-12-7-13-22-34/h5-15,17-28,52H,4,16,29H2,1-3H3,(H,50,51). The minimum absolute atomic E-state index is 0.114. The first-order chi connectivity index (χ1) is 25.2. The second-order valence-electron chi connectivity index (χ2n) is 13.4. The lowest BCUT2D eigenvalue weighted by atomic mass is 9.77. The summed E-state index contributed by atoms with van der Waals surface area (Å²) in [5, 5.41) is 34.7. The van der Waals surface area contributed by atoms with Crippen molar-refractivity contribution >= 4 is 5.97 Å². The summed E-state index contributed by atoms with van der Waals surface area (Å²) in [6.07, 6.45) is 1.38. The molecule has 0 aliphatic rings. The molecule has 0 bridgehead atoms. The highest BCUT2D eigenvalue weighted by Crippen LogP contribution is 2.43. The van der Waals surface area contributed by atoms with Crippen molar-refractivity contribution in [3.8, 4) is 22.5 Å². The lowest BCUT2D eigenvalue weighted by Gasteiger charge is -2.36. The Morgan fingerprint density at radius 3 is 1.73 bits per heavy atom. The molecule has 0 saturated carbocycles. The van der Waals surface area contributed by atoms with Gasteiger partial charge >= 0.3 is 5.97 Å². The highest BCUT2D eigenvalue weighted by Gasteiger charge is 2.42. The van der Waals surface area contributed by atoms with Crippen LogP contribution in [0.2, 0.25) is 0 Å². The van der Waals surface area contributed by atoms with Crippen molar-refractivity contribution in [2.24, 2.45) is 0 Å². The second kappa shape index (κ2) is 14.2. The Kier molecular flexibility index (Phi) is 9.36. The van der Waals surface area contributed by atoms with E-state index in [1.807, 2.05) is 101 Å². The number of hydrogen-bond acceptors (Lipinski definition) is 6. The van der Waals surface area contributed by atoms with Gasteiger partial charge in [0, 0.05) is 18.5 Å². The highest BCUT2D eigenvalue weighted by atomic mass is 16.4. The summed E-state index contributed by atoms with van der Waals surface area (Å²) in [6, 6.07) is 47.2. The number of aromatic nitrogens is 6. The Labute approximate surface area is 302 Å². The Hall–Kier alpha value is -6.19. The van der Waals surface area contributed by atoms with Gasteiger partial charge in [0.2, 0.25) is 0 Å². The first kappa shape index (κ1) is 34.3. The van der Waals surface area contributed by atoms with Gasteiger partial charge in [-0.25, -0.2) is 14.5 Å². The molecule has 0 aliphatic carbocycles. The SMILES string of the molecule is CCCc1nc(C(=O)O)c(C(C)(C)O)n1Cc1ccc(-c2ccccc2-c2nnnn2C(c2ccccc2)(c2ccccc2)c2ccccc2)cc1. The summed E-state index contributed by atoms with van der Waals surface area (Å²) in [5.74, 6) is 0.0882. The van der Waals surface area contributed by atoms with Crippen LogP contribution in [-0.4, -0.2) is 45.9 Å². The fourth-order valence-electron chi connectivity index (χ4n) is 7.24. The van der Waals surface area contributed by atoms with Crippen LogP contribution in [0, 0.1) is 0 Å². The van der Waals surface area contributed by atoms with Crippen molar-refractivity contribution in [2.75, 3.05) is 0 Å². The maximum atomic E-state index is 12.1. The zero-order valence-electron chi connectivity index (χ0n) is 29.4. The van der Waals surface area contributed by atoms with Crippen molar-refractivity contribution in [1.82, 2.24) is 29.8 Å². The number of tetrazole rings is 1. The van der Waals surface area contributed by atoms with Crippen LogP contribution in [-0.2, 0) is 24.1 Å². The third-order valence-corrected chi connectivity index (χ3v) is 9.44. The molecule has 2 N–H and O–H groups in total. The average molecular weight is 689 g/mol. The van der Waals surface area contributed by atoms with Crippen molar-refractivity contribution in [3.63, 3.8) is 0 Å². The lowest BCUT2D eigenvalue weighted by molar-refractivity contribution is 0.0588. The molecular weight excluding hydrogens is 649 g/mol. The van der Waals surface area contributed by atoms with Gasteiger partial charge in [-0.1, -0.05) is 146 Å². The normalized spacial score (nSPS) is 11.8. The highest BCUT2D eigenvalue weighted by molar-refractivity contribution is 5.87. The molecule has 0 fully saturated rings. The fourth-order valence-corrected chi connectivity index (χ4v) is 7.24. The quantitative estimate of drug-likeness (QED) is 0.125. The van der Waals surface area contributed by atoms with Gasteiger partial charge in [0.05, 0.1) is 5.69 Å². The summed E-state index contributed by atoms with van der Waals surface area (Å²) < 4.78 is 3.78. The molecular formula is C43H40N6O3. The van der Waals surface area contributed by atoms with E-state index in [1.54, 1.807) is 13.8 Å². The van der Waals surface area contributed by atoms with Gasteiger partial charge in [-0.3, -0.25) is 0 Å². The predicted molar refractivity (Wildman–Crippen MR) is 201 cm³/mol. The molecule has 2 heterocycles. The number of imidazole rings is 1. The van der Waals surface area contributed by atoms with Crippen LogP contribution in [0.4, 0.5) is 0 Å². The van der Waals surface area contributed by atoms with E-state index in [-0.39, 0.29) is 5.69 Å². The number of rotatable bonds is 12. The maximum absolute atomic E-state index is 12.1. The third kappa shape index (κ3) is 6.20. The average Bonchev–Trinajstić information content (AvgIpc) is 3.80. The molecule has 7 rings (SSSR count). The van der Waals surface area contributed by atoms with Crippen LogP contribution in [0.3, 0.4) is 0 Å². The smallest absolute Gasteiger partial charge is 0.356 e. The van der Waals surface area contributed by atoms with Gasteiger partial charge in [-0.05, 0) is 64.1 Å². The number of aliphatic hydroxyl groups is 1. The summed E-state index contributed by atoms with van der Waals surface area (Å²) in [4.78, 5) is 16.6. The van der Waals surface area contributed by atoms with Crippen LogP contribution in [0.15, 0.2) is 140 Å². The van der Waals surface area contributed by atoms with E-state index in [0.717, 1.165) is 45.4 Å². The second-order valence-corrected chi connectivity index (χ2v) is 13.4. The number of carboxylic acids is 1. The van der Waals surface area contributed by atoms with Crippen molar-refractivity contribution in [3.05, 3.63) is 179 Å². The zero-order chi connectivity index (χ0) is 36.3. The van der Waals surface area contributed by atoms with Crippen molar-refractivity contribution < 1.29 is 15.0 Å². The van der Waals surface area contributed by atoms with Gasteiger partial charge in [-0.15, -0.1) is 5.10 Å². The van der Waals surface area contributed by atoms with Gasteiger partial charge in [0.1, 0.15) is 17.0 Å². The fraction of sp³-hybridized carbons (Fsp3) is 0.186. The van der Waals surface area contributed by atoms with E-state index >= 15 is 0 Å². The predicted octanol–water partition coefficient (Wildman–Crippen LogP) is 7.97. The molecule has 0 aliphatic heterocycles. The first-order valence-corrected chi connectivity index (χ1v) is 17.4. The minimum Gasteiger partial charge on any atom is -0.476 e. The third-order valence-electron chi connectivity index (χ3n) is 9.44. The van der Waals surface area contributed by atoms with E-state index < -0.39 is 17.1 Å². The minimum atomic E-state index is -1.40. The summed E-state index contributed by atoms with van der Waals surface area (Å²) in [7, 11) is 0. The number of carbonyl (C=O) groups is 1. The summed E-state index contributed by atoms with van der Waals surface area (Å²) in [5.41, 5.74) is 4.66. The molecule has 0 amide bonds. The van der Waals surface area contributed by atoms with E-state index in [1.165, 1.54) is 0 Å². The number of hydrogen-bond donors (Lipinski definition) is 2. The van der Waals surface area contributed by atoms with E-state index in [0.29, 0.717) is 30.3 Å². The Morgan fingerprint density at radius 2 is 1.23 bits per heavy atom.